The van der Waals surface area contributed by atoms with Crippen molar-refractivity contribution >= 4 is 43.1 Å². The maximum absolute atomic E-state index is 2.32. The van der Waals surface area contributed by atoms with Crippen molar-refractivity contribution in [3.63, 3.8) is 0 Å². The van der Waals surface area contributed by atoms with Gasteiger partial charge in [0.25, 0.3) is 0 Å². The van der Waals surface area contributed by atoms with Crippen LogP contribution in [0.1, 0.15) is 16.7 Å². The summed E-state index contributed by atoms with van der Waals surface area (Å²) in [6.45, 7) is 6.70. The highest BCUT2D eigenvalue weighted by Crippen LogP contribution is 2.37. The predicted molar refractivity (Wildman–Crippen MR) is 111 cm³/mol. The summed E-state index contributed by atoms with van der Waals surface area (Å²) >= 11 is 0. The van der Waals surface area contributed by atoms with Crippen LogP contribution in [0.3, 0.4) is 0 Å². The SMILES string of the molecule is Cc1cc2ccc3c4ccc5ccccc5c4ccc3c2c(C)c1C. The van der Waals surface area contributed by atoms with Gasteiger partial charge < -0.3 is 0 Å². The molecule has 5 aromatic carbocycles. The van der Waals surface area contributed by atoms with Crippen molar-refractivity contribution in [2.45, 2.75) is 20.8 Å². The average molecular weight is 320 g/mol. The van der Waals surface area contributed by atoms with Crippen molar-refractivity contribution in [3.8, 4) is 0 Å². The van der Waals surface area contributed by atoms with Crippen LogP contribution in [-0.2, 0) is 0 Å². The second-order valence-corrected chi connectivity index (χ2v) is 7.15. The molecule has 0 bridgehead atoms. The number of benzene rings is 5. The highest BCUT2D eigenvalue weighted by atomic mass is 14.1. The molecule has 0 aliphatic heterocycles. The first-order valence-corrected chi connectivity index (χ1v) is 8.89. The van der Waals surface area contributed by atoms with Gasteiger partial charge in [-0.15, -0.1) is 0 Å². The molecule has 0 spiro atoms. The van der Waals surface area contributed by atoms with Crippen LogP contribution in [0.25, 0.3) is 43.1 Å². The third-order valence-electron chi connectivity index (χ3n) is 5.86. The van der Waals surface area contributed by atoms with E-state index in [0.29, 0.717) is 0 Å². The van der Waals surface area contributed by atoms with E-state index in [9.17, 15) is 0 Å². The van der Waals surface area contributed by atoms with Crippen LogP contribution in [0, 0.1) is 20.8 Å². The molecule has 5 rings (SSSR count). The summed E-state index contributed by atoms with van der Waals surface area (Å²) in [5.74, 6) is 0. The van der Waals surface area contributed by atoms with Crippen LogP contribution in [0.5, 0.6) is 0 Å². The highest BCUT2D eigenvalue weighted by molar-refractivity contribution is 6.22. The van der Waals surface area contributed by atoms with Crippen molar-refractivity contribution in [1.82, 2.24) is 0 Å². The van der Waals surface area contributed by atoms with Gasteiger partial charge in [0.05, 0.1) is 0 Å². The second-order valence-electron chi connectivity index (χ2n) is 7.15. The highest BCUT2D eigenvalue weighted by Gasteiger charge is 2.10. The van der Waals surface area contributed by atoms with Gasteiger partial charge in [-0.2, -0.15) is 0 Å². The number of fused-ring (bicyclic) bond motifs is 7. The molecule has 0 radical (unpaired) electrons. The van der Waals surface area contributed by atoms with Crippen LogP contribution in [-0.4, -0.2) is 0 Å². The molecule has 0 unspecified atom stereocenters. The van der Waals surface area contributed by atoms with Gasteiger partial charge in [-0.05, 0) is 80.6 Å². The summed E-state index contributed by atoms with van der Waals surface area (Å²) in [5.41, 5.74) is 4.18. The van der Waals surface area contributed by atoms with E-state index in [4.69, 9.17) is 0 Å². The van der Waals surface area contributed by atoms with E-state index in [1.165, 1.54) is 59.8 Å². The zero-order valence-electron chi connectivity index (χ0n) is 14.9. The standard InChI is InChI=1S/C25H20/c1-15-14-19-9-11-23-22-10-8-18-6-4-5-7-20(18)21(22)12-13-24(23)25(19)17(3)16(15)2/h4-14H,1-3H3. The molecule has 0 heterocycles. The average Bonchev–Trinajstić information content (AvgIpc) is 2.65. The van der Waals surface area contributed by atoms with Crippen LogP contribution < -0.4 is 0 Å². The Balaban J connectivity index is 2.02. The van der Waals surface area contributed by atoms with Gasteiger partial charge in [0, 0.05) is 0 Å². The van der Waals surface area contributed by atoms with Crippen molar-refractivity contribution in [2.24, 2.45) is 0 Å². The van der Waals surface area contributed by atoms with Crippen LogP contribution >= 0.6 is 0 Å². The minimum atomic E-state index is 1.30. The summed E-state index contributed by atoms with van der Waals surface area (Å²) in [7, 11) is 0. The molecule has 0 nitrogen and oxygen atoms in total. The molecule has 5 aromatic rings. The minimum Gasteiger partial charge on any atom is -0.0616 e. The maximum atomic E-state index is 2.32. The Bertz CT molecular complexity index is 1310. The van der Waals surface area contributed by atoms with Crippen molar-refractivity contribution in [3.05, 3.63) is 83.4 Å². The van der Waals surface area contributed by atoms with Crippen molar-refractivity contribution < 1.29 is 0 Å². The first-order valence-electron chi connectivity index (χ1n) is 8.89. The summed E-state index contributed by atoms with van der Waals surface area (Å²) in [6.07, 6.45) is 0. The first-order chi connectivity index (χ1) is 12.1. The number of rotatable bonds is 0. The molecule has 0 aliphatic rings. The lowest BCUT2D eigenvalue weighted by molar-refractivity contribution is 1.30. The van der Waals surface area contributed by atoms with Crippen LogP contribution in [0.15, 0.2) is 66.7 Å². The fourth-order valence-electron chi connectivity index (χ4n) is 4.28. The largest absolute Gasteiger partial charge is 0.0616 e. The lowest BCUT2D eigenvalue weighted by Crippen LogP contribution is -1.90. The number of aryl methyl sites for hydroxylation is 2. The third-order valence-corrected chi connectivity index (χ3v) is 5.86. The fourth-order valence-corrected chi connectivity index (χ4v) is 4.28. The second kappa shape index (κ2) is 5.07. The van der Waals surface area contributed by atoms with E-state index < -0.39 is 0 Å². The van der Waals surface area contributed by atoms with Gasteiger partial charge in [-0.1, -0.05) is 66.7 Å². The minimum absolute atomic E-state index is 1.30. The molecular weight excluding hydrogens is 300 g/mol. The van der Waals surface area contributed by atoms with E-state index >= 15 is 0 Å². The van der Waals surface area contributed by atoms with E-state index in [-0.39, 0.29) is 0 Å². The van der Waals surface area contributed by atoms with Crippen LogP contribution in [0.2, 0.25) is 0 Å². The molecule has 0 N–H and O–H groups in total. The van der Waals surface area contributed by atoms with Gasteiger partial charge >= 0.3 is 0 Å². The topological polar surface area (TPSA) is 0 Å². The monoisotopic (exact) mass is 320 g/mol. The quantitative estimate of drug-likeness (QED) is 0.264. The normalized spacial score (nSPS) is 11.8. The first kappa shape index (κ1) is 14.5. The Kier molecular flexibility index (Phi) is 2.93. The van der Waals surface area contributed by atoms with Gasteiger partial charge in [0.2, 0.25) is 0 Å². The van der Waals surface area contributed by atoms with Gasteiger partial charge in [0.15, 0.2) is 0 Å². The predicted octanol–water partition coefficient (Wildman–Crippen LogP) is 7.22. The smallest absolute Gasteiger partial charge is 0.00731 e. The van der Waals surface area contributed by atoms with Gasteiger partial charge in [0.1, 0.15) is 0 Å². The van der Waals surface area contributed by atoms with E-state index in [1.54, 1.807) is 0 Å². The van der Waals surface area contributed by atoms with E-state index in [1.807, 2.05) is 0 Å². The zero-order chi connectivity index (χ0) is 17.1. The molecule has 0 saturated carbocycles. The summed E-state index contributed by atoms with van der Waals surface area (Å²) < 4.78 is 0. The Hall–Kier alpha value is -2.86. The van der Waals surface area contributed by atoms with E-state index in [2.05, 4.69) is 87.5 Å². The lowest BCUT2D eigenvalue weighted by atomic mass is 9.90. The van der Waals surface area contributed by atoms with Crippen LogP contribution in [0.4, 0.5) is 0 Å². The molecule has 0 aliphatic carbocycles. The molecule has 0 atom stereocenters. The number of hydrogen-bond donors (Lipinski definition) is 0. The number of hydrogen-bond acceptors (Lipinski definition) is 0. The van der Waals surface area contributed by atoms with E-state index in [0.717, 1.165) is 0 Å². The Labute approximate surface area is 147 Å². The summed E-state index contributed by atoms with van der Waals surface area (Å²) in [6, 6.07) is 24.7. The maximum Gasteiger partial charge on any atom is -0.00731 e. The molecule has 0 heteroatoms. The van der Waals surface area contributed by atoms with Crippen molar-refractivity contribution in [1.29, 1.82) is 0 Å². The molecule has 120 valence electrons. The third kappa shape index (κ3) is 1.94. The molecule has 0 fully saturated rings. The fraction of sp³-hybridized carbons (Fsp3) is 0.120. The molecule has 0 saturated heterocycles. The zero-order valence-corrected chi connectivity index (χ0v) is 14.9. The van der Waals surface area contributed by atoms with Gasteiger partial charge in [-0.3, -0.25) is 0 Å². The summed E-state index contributed by atoms with van der Waals surface area (Å²) in [4.78, 5) is 0. The molecule has 0 amide bonds. The van der Waals surface area contributed by atoms with Crippen molar-refractivity contribution in [2.75, 3.05) is 0 Å². The summed E-state index contributed by atoms with van der Waals surface area (Å²) in [5, 5.41) is 10.8. The lowest BCUT2D eigenvalue weighted by Gasteiger charge is -2.14. The Morgan fingerprint density at radius 1 is 0.480 bits per heavy atom. The Morgan fingerprint density at radius 3 is 1.92 bits per heavy atom. The molecule has 25 heavy (non-hydrogen) atoms. The molecular formula is C25H20. The van der Waals surface area contributed by atoms with Gasteiger partial charge in [-0.25, -0.2) is 0 Å². The Morgan fingerprint density at radius 2 is 1.08 bits per heavy atom. The molecule has 0 aromatic heterocycles.